The molecule has 22 heavy (non-hydrogen) atoms. The van der Waals surface area contributed by atoms with Gasteiger partial charge in [-0.05, 0) is 43.6 Å². The lowest BCUT2D eigenvalue weighted by Crippen LogP contribution is -2.46. The van der Waals surface area contributed by atoms with Gasteiger partial charge < -0.3 is 9.47 Å². The fraction of sp³-hybridized carbons (Fsp3) is 0.706. The van der Waals surface area contributed by atoms with Crippen molar-refractivity contribution in [3.05, 3.63) is 11.1 Å². The van der Waals surface area contributed by atoms with Crippen molar-refractivity contribution in [1.29, 1.82) is 0 Å². The van der Waals surface area contributed by atoms with E-state index in [4.69, 9.17) is 9.47 Å². The van der Waals surface area contributed by atoms with Crippen LogP contribution in [0.4, 0.5) is 0 Å². The first-order valence-corrected chi connectivity index (χ1v) is 7.89. The summed E-state index contributed by atoms with van der Waals surface area (Å²) in [5.41, 5.74) is 0.461. The fourth-order valence-electron chi connectivity index (χ4n) is 4.96. The molecule has 0 N–H and O–H groups in total. The standard InChI is InChI=1S/C17H22O5/c1-9-11-8-17(15(19)21-2,16(20)22-3)12-7-5-4-6-10(13(11)12)14(9)18/h10,12-13H,4-8H2,1-3H3/t10-,12+,13+/m0/s1. The van der Waals surface area contributed by atoms with E-state index < -0.39 is 17.4 Å². The van der Waals surface area contributed by atoms with Crippen molar-refractivity contribution in [2.45, 2.75) is 39.0 Å². The van der Waals surface area contributed by atoms with Gasteiger partial charge in [-0.2, -0.15) is 0 Å². The number of esters is 2. The number of hydrogen-bond acceptors (Lipinski definition) is 5. The second-order valence-corrected chi connectivity index (χ2v) is 6.67. The highest BCUT2D eigenvalue weighted by Crippen LogP contribution is 2.61. The number of carbonyl (C=O) groups excluding carboxylic acids is 3. The zero-order valence-corrected chi connectivity index (χ0v) is 13.3. The predicted octanol–water partition coefficient (Wildman–Crippen LogP) is 2.04. The minimum atomic E-state index is -1.27. The molecule has 3 rings (SSSR count). The summed E-state index contributed by atoms with van der Waals surface area (Å²) in [6, 6.07) is 0. The van der Waals surface area contributed by atoms with E-state index in [-0.39, 0.29) is 30.0 Å². The van der Waals surface area contributed by atoms with Gasteiger partial charge in [-0.3, -0.25) is 14.4 Å². The summed E-state index contributed by atoms with van der Waals surface area (Å²) in [7, 11) is 2.61. The quantitative estimate of drug-likeness (QED) is 0.577. The Morgan fingerprint density at radius 2 is 1.68 bits per heavy atom. The van der Waals surface area contributed by atoms with Crippen LogP contribution in [0, 0.1) is 23.2 Å². The molecular weight excluding hydrogens is 284 g/mol. The fourth-order valence-corrected chi connectivity index (χ4v) is 4.96. The molecular formula is C17H22O5. The minimum Gasteiger partial charge on any atom is -0.468 e. The van der Waals surface area contributed by atoms with Gasteiger partial charge in [0.2, 0.25) is 0 Å². The van der Waals surface area contributed by atoms with E-state index >= 15 is 0 Å². The highest BCUT2D eigenvalue weighted by molar-refractivity contribution is 6.05. The molecule has 3 aliphatic carbocycles. The lowest BCUT2D eigenvalue weighted by atomic mass is 9.71. The Morgan fingerprint density at radius 3 is 2.27 bits per heavy atom. The number of allylic oxidation sites excluding steroid dienone is 2. The number of rotatable bonds is 2. The number of ether oxygens (including phenoxy) is 2. The van der Waals surface area contributed by atoms with Crippen LogP contribution in [0.15, 0.2) is 11.1 Å². The Bertz CT molecular complexity index is 558. The van der Waals surface area contributed by atoms with Crippen molar-refractivity contribution in [3.8, 4) is 0 Å². The maximum Gasteiger partial charge on any atom is 0.323 e. The third-order valence-electron chi connectivity index (χ3n) is 5.94. The average Bonchev–Trinajstić information content (AvgIpc) is 2.85. The third-order valence-corrected chi connectivity index (χ3v) is 5.94. The molecule has 0 unspecified atom stereocenters. The molecule has 0 aromatic carbocycles. The first kappa shape index (κ1) is 15.3. The van der Waals surface area contributed by atoms with Crippen LogP contribution >= 0.6 is 0 Å². The summed E-state index contributed by atoms with van der Waals surface area (Å²) in [6.45, 7) is 1.83. The second kappa shape index (κ2) is 5.21. The number of hydrogen-bond donors (Lipinski definition) is 0. The summed E-state index contributed by atoms with van der Waals surface area (Å²) in [6.07, 6.45) is 3.76. The van der Waals surface area contributed by atoms with E-state index in [9.17, 15) is 14.4 Å². The summed E-state index contributed by atoms with van der Waals surface area (Å²) < 4.78 is 9.95. The summed E-state index contributed by atoms with van der Waals surface area (Å²) in [5.74, 6) is -1.09. The SMILES string of the molecule is COC(=O)C1(C(=O)OC)CC2=C(C)C(=O)[C@H]3CCCC[C@@H]1[C@@H]23. The first-order valence-electron chi connectivity index (χ1n) is 7.89. The number of Topliss-reactive ketones (excluding diaryl/α,β-unsaturated/α-hetero) is 1. The molecule has 2 fully saturated rings. The van der Waals surface area contributed by atoms with Crippen LogP contribution in [0.2, 0.25) is 0 Å². The molecule has 5 heteroatoms. The van der Waals surface area contributed by atoms with Crippen LogP contribution < -0.4 is 0 Å². The molecule has 5 nitrogen and oxygen atoms in total. The molecule has 0 aromatic heterocycles. The highest BCUT2D eigenvalue weighted by atomic mass is 16.5. The summed E-state index contributed by atoms with van der Waals surface area (Å²) in [5, 5.41) is 0. The van der Waals surface area contributed by atoms with Gasteiger partial charge in [0.05, 0.1) is 14.2 Å². The zero-order valence-electron chi connectivity index (χ0n) is 13.3. The van der Waals surface area contributed by atoms with Gasteiger partial charge in [0.15, 0.2) is 11.2 Å². The lowest BCUT2D eigenvalue weighted by molar-refractivity contribution is -0.173. The minimum absolute atomic E-state index is 0.00759. The van der Waals surface area contributed by atoms with E-state index in [1.807, 2.05) is 6.92 Å². The molecule has 0 aliphatic heterocycles. The molecule has 0 amide bonds. The molecule has 2 saturated carbocycles. The Hall–Kier alpha value is -1.65. The topological polar surface area (TPSA) is 69.7 Å². The van der Waals surface area contributed by atoms with Crippen molar-refractivity contribution in [2.24, 2.45) is 23.2 Å². The third kappa shape index (κ3) is 1.74. The van der Waals surface area contributed by atoms with Gasteiger partial charge in [0.1, 0.15) is 0 Å². The molecule has 0 saturated heterocycles. The van der Waals surface area contributed by atoms with Gasteiger partial charge in [-0.1, -0.05) is 18.4 Å². The number of ketones is 1. The van der Waals surface area contributed by atoms with E-state index in [1.165, 1.54) is 14.2 Å². The van der Waals surface area contributed by atoms with Crippen molar-refractivity contribution in [2.75, 3.05) is 14.2 Å². The van der Waals surface area contributed by atoms with Gasteiger partial charge in [0.25, 0.3) is 0 Å². The smallest absolute Gasteiger partial charge is 0.323 e. The van der Waals surface area contributed by atoms with Crippen LogP contribution in [0.1, 0.15) is 39.0 Å². The summed E-state index contributed by atoms with van der Waals surface area (Å²) in [4.78, 5) is 37.6. The molecule has 0 radical (unpaired) electrons. The van der Waals surface area contributed by atoms with Crippen LogP contribution in [0.5, 0.6) is 0 Å². The normalized spacial score (nSPS) is 32.5. The molecule has 0 heterocycles. The van der Waals surface area contributed by atoms with Crippen LogP contribution in [0.25, 0.3) is 0 Å². The molecule has 0 spiro atoms. The Labute approximate surface area is 130 Å². The Balaban J connectivity index is 2.16. The van der Waals surface area contributed by atoms with E-state index in [0.717, 1.165) is 36.8 Å². The van der Waals surface area contributed by atoms with Crippen LogP contribution in [0.3, 0.4) is 0 Å². The zero-order chi connectivity index (χ0) is 16.1. The van der Waals surface area contributed by atoms with E-state index in [2.05, 4.69) is 0 Å². The lowest BCUT2D eigenvalue weighted by Gasteiger charge is -2.32. The van der Waals surface area contributed by atoms with Gasteiger partial charge in [-0.25, -0.2) is 0 Å². The summed E-state index contributed by atoms with van der Waals surface area (Å²) >= 11 is 0. The average molecular weight is 306 g/mol. The monoisotopic (exact) mass is 306 g/mol. The Kier molecular flexibility index (Phi) is 3.62. The number of methoxy groups -OCH3 is 2. The molecule has 3 atom stereocenters. The van der Waals surface area contributed by atoms with Crippen LogP contribution in [-0.2, 0) is 23.9 Å². The second-order valence-electron chi connectivity index (χ2n) is 6.67. The van der Waals surface area contributed by atoms with Crippen molar-refractivity contribution in [3.63, 3.8) is 0 Å². The number of carbonyl (C=O) groups is 3. The van der Waals surface area contributed by atoms with Crippen molar-refractivity contribution >= 4 is 17.7 Å². The van der Waals surface area contributed by atoms with Crippen molar-refractivity contribution in [1.82, 2.24) is 0 Å². The van der Waals surface area contributed by atoms with Gasteiger partial charge in [-0.15, -0.1) is 0 Å². The molecule has 0 bridgehead atoms. The molecule has 0 aromatic rings. The highest BCUT2D eigenvalue weighted by Gasteiger charge is 2.66. The van der Waals surface area contributed by atoms with Crippen molar-refractivity contribution < 1.29 is 23.9 Å². The largest absolute Gasteiger partial charge is 0.468 e. The molecule has 120 valence electrons. The van der Waals surface area contributed by atoms with Gasteiger partial charge in [0, 0.05) is 5.92 Å². The maximum atomic E-state index is 12.5. The first-order chi connectivity index (χ1) is 10.5. The van der Waals surface area contributed by atoms with Crippen LogP contribution in [-0.4, -0.2) is 31.9 Å². The van der Waals surface area contributed by atoms with E-state index in [1.54, 1.807) is 0 Å². The molecule has 3 aliphatic rings. The predicted molar refractivity (Wildman–Crippen MR) is 77.7 cm³/mol. The Morgan fingerprint density at radius 1 is 1.09 bits per heavy atom. The van der Waals surface area contributed by atoms with E-state index in [0.29, 0.717) is 0 Å². The van der Waals surface area contributed by atoms with Gasteiger partial charge >= 0.3 is 11.9 Å². The maximum absolute atomic E-state index is 12.5.